The van der Waals surface area contributed by atoms with Gasteiger partial charge in [0.1, 0.15) is 0 Å². The number of nitrogens with two attached hydrogens (primary N) is 1. The molecule has 0 aromatic carbocycles. The highest BCUT2D eigenvalue weighted by Crippen LogP contribution is 2.35. The largest absolute Gasteiger partial charge is 0.304 e. The van der Waals surface area contributed by atoms with Crippen molar-refractivity contribution in [3.05, 3.63) is 0 Å². The third kappa shape index (κ3) is 2.19. The van der Waals surface area contributed by atoms with Gasteiger partial charge in [0.2, 0.25) is 0 Å². The summed E-state index contributed by atoms with van der Waals surface area (Å²) in [7, 11) is 0. The molecule has 4 heteroatoms. The first-order valence-corrected chi connectivity index (χ1v) is 3.01. The highest BCUT2D eigenvalue weighted by Gasteiger charge is 2.42. The standard InChI is InChI=1S/C6H13F2NO/c1-5(2,4-10-9)6(3,7)8/h4,9H2,1-3H3. The minimum absolute atomic E-state index is 0.142. The number of hydrogen-bond donors (Lipinski definition) is 1. The minimum atomic E-state index is -2.76. The second kappa shape index (κ2) is 2.80. The van der Waals surface area contributed by atoms with Crippen molar-refractivity contribution in [2.45, 2.75) is 26.7 Å². The molecule has 0 rings (SSSR count). The molecule has 0 aliphatic carbocycles. The van der Waals surface area contributed by atoms with Crippen LogP contribution in [0.3, 0.4) is 0 Å². The number of hydrogen-bond acceptors (Lipinski definition) is 2. The first kappa shape index (κ1) is 9.78. The second-order valence-electron chi connectivity index (χ2n) is 3.08. The van der Waals surface area contributed by atoms with Crippen molar-refractivity contribution in [1.82, 2.24) is 0 Å². The van der Waals surface area contributed by atoms with Crippen molar-refractivity contribution >= 4 is 0 Å². The van der Waals surface area contributed by atoms with Crippen LogP contribution in [-0.2, 0) is 4.84 Å². The molecule has 0 amide bonds. The van der Waals surface area contributed by atoms with E-state index in [1.165, 1.54) is 13.8 Å². The number of rotatable bonds is 3. The summed E-state index contributed by atoms with van der Waals surface area (Å²) in [6.07, 6.45) is 0. The van der Waals surface area contributed by atoms with E-state index in [4.69, 9.17) is 0 Å². The van der Waals surface area contributed by atoms with E-state index in [-0.39, 0.29) is 6.61 Å². The SMILES string of the molecule is CC(F)(F)C(C)(C)CON. The molecule has 2 N–H and O–H groups in total. The van der Waals surface area contributed by atoms with E-state index >= 15 is 0 Å². The average molecular weight is 153 g/mol. The summed E-state index contributed by atoms with van der Waals surface area (Å²) in [5, 5.41) is 0. The molecular weight excluding hydrogens is 140 g/mol. The van der Waals surface area contributed by atoms with Gasteiger partial charge in [-0.05, 0) is 6.92 Å². The van der Waals surface area contributed by atoms with Crippen LogP contribution < -0.4 is 5.90 Å². The molecule has 0 unspecified atom stereocenters. The van der Waals surface area contributed by atoms with Gasteiger partial charge in [0.15, 0.2) is 0 Å². The second-order valence-corrected chi connectivity index (χ2v) is 3.08. The molecule has 0 atom stereocenters. The average Bonchev–Trinajstić information content (AvgIpc) is 1.61. The van der Waals surface area contributed by atoms with Gasteiger partial charge in [-0.15, -0.1) is 0 Å². The predicted molar refractivity (Wildman–Crippen MR) is 34.5 cm³/mol. The highest BCUT2D eigenvalue weighted by atomic mass is 19.3. The van der Waals surface area contributed by atoms with Crippen molar-refractivity contribution in [2.24, 2.45) is 11.3 Å². The van der Waals surface area contributed by atoms with E-state index in [0.29, 0.717) is 0 Å². The van der Waals surface area contributed by atoms with Crippen LogP contribution in [0.4, 0.5) is 8.78 Å². The Hall–Kier alpha value is -0.220. The first-order chi connectivity index (χ1) is 4.31. The maximum Gasteiger partial charge on any atom is 0.252 e. The topological polar surface area (TPSA) is 35.2 Å². The fourth-order valence-electron chi connectivity index (χ4n) is 0.335. The molecule has 0 aliphatic heterocycles. The molecule has 2 nitrogen and oxygen atoms in total. The summed E-state index contributed by atoms with van der Waals surface area (Å²) in [6.45, 7) is 3.52. The zero-order chi connectivity index (χ0) is 8.41. The molecule has 0 bridgehead atoms. The van der Waals surface area contributed by atoms with Crippen LogP contribution in [0.25, 0.3) is 0 Å². The van der Waals surface area contributed by atoms with Gasteiger partial charge >= 0.3 is 0 Å². The minimum Gasteiger partial charge on any atom is -0.304 e. The molecule has 0 heterocycles. The smallest absolute Gasteiger partial charge is 0.252 e. The monoisotopic (exact) mass is 153 g/mol. The Balaban J connectivity index is 4.10. The fourth-order valence-corrected chi connectivity index (χ4v) is 0.335. The van der Waals surface area contributed by atoms with Crippen LogP contribution >= 0.6 is 0 Å². The van der Waals surface area contributed by atoms with E-state index in [2.05, 4.69) is 10.7 Å². The van der Waals surface area contributed by atoms with Crippen LogP contribution in [0.5, 0.6) is 0 Å². The number of alkyl halides is 2. The van der Waals surface area contributed by atoms with Crippen molar-refractivity contribution in [3.8, 4) is 0 Å². The van der Waals surface area contributed by atoms with Crippen molar-refractivity contribution in [1.29, 1.82) is 0 Å². The van der Waals surface area contributed by atoms with Crippen LogP contribution in [0.1, 0.15) is 20.8 Å². The van der Waals surface area contributed by atoms with Crippen molar-refractivity contribution in [3.63, 3.8) is 0 Å². The summed E-state index contributed by atoms with van der Waals surface area (Å²) in [5.41, 5.74) is -1.19. The maximum atomic E-state index is 12.6. The molecule has 0 fully saturated rings. The van der Waals surface area contributed by atoms with Gasteiger partial charge in [0.05, 0.1) is 12.0 Å². The molecule has 0 aromatic rings. The van der Waals surface area contributed by atoms with E-state index in [1.54, 1.807) is 0 Å². The van der Waals surface area contributed by atoms with Gasteiger partial charge in [-0.25, -0.2) is 14.7 Å². The lowest BCUT2D eigenvalue weighted by atomic mass is 9.88. The third-order valence-electron chi connectivity index (χ3n) is 1.63. The van der Waals surface area contributed by atoms with E-state index < -0.39 is 11.3 Å². The zero-order valence-corrected chi connectivity index (χ0v) is 6.45. The van der Waals surface area contributed by atoms with Crippen LogP contribution in [0, 0.1) is 5.41 Å². The normalized spacial score (nSPS) is 13.8. The summed E-state index contributed by atoms with van der Waals surface area (Å²) >= 11 is 0. The van der Waals surface area contributed by atoms with Gasteiger partial charge in [-0.3, -0.25) is 0 Å². The van der Waals surface area contributed by atoms with Gasteiger partial charge in [0.25, 0.3) is 5.92 Å². The molecule has 0 aliphatic rings. The molecule has 0 radical (unpaired) electrons. The quantitative estimate of drug-likeness (QED) is 0.624. The van der Waals surface area contributed by atoms with E-state index in [0.717, 1.165) is 6.92 Å². The summed E-state index contributed by atoms with van der Waals surface area (Å²) in [4.78, 5) is 4.15. The molecule has 10 heavy (non-hydrogen) atoms. The predicted octanol–water partition coefficient (Wildman–Crippen LogP) is 1.56. The molecule has 62 valence electrons. The lowest BCUT2D eigenvalue weighted by Gasteiger charge is -2.29. The fraction of sp³-hybridized carbons (Fsp3) is 1.00. The van der Waals surface area contributed by atoms with Crippen molar-refractivity contribution in [2.75, 3.05) is 6.61 Å². The third-order valence-corrected chi connectivity index (χ3v) is 1.63. The Bertz CT molecular complexity index is 109. The lowest BCUT2D eigenvalue weighted by Crippen LogP contribution is -2.38. The Morgan fingerprint density at radius 2 is 1.70 bits per heavy atom. The van der Waals surface area contributed by atoms with Gasteiger partial charge in [0, 0.05) is 0 Å². The Kier molecular flexibility index (Phi) is 2.74. The number of halogens is 2. The molecular formula is C6H13F2NO. The zero-order valence-electron chi connectivity index (χ0n) is 6.45. The van der Waals surface area contributed by atoms with E-state index in [9.17, 15) is 8.78 Å². The van der Waals surface area contributed by atoms with Gasteiger partial charge < -0.3 is 4.84 Å². The Morgan fingerprint density at radius 3 is 1.80 bits per heavy atom. The van der Waals surface area contributed by atoms with Crippen LogP contribution in [0.2, 0.25) is 0 Å². The maximum absolute atomic E-state index is 12.6. The molecule has 0 saturated carbocycles. The Labute approximate surface area is 59.3 Å². The molecule has 0 aromatic heterocycles. The molecule has 0 spiro atoms. The van der Waals surface area contributed by atoms with E-state index in [1.807, 2.05) is 0 Å². The Morgan fingerprint density at radius 1 is 1.30 bits per heavy atom. The lowest BCUT2D eigenvalue weighted by molar-refractivity contribution is -0.123. The highest BCUT2D eigenvalue weighted by molar-refractivity contribution is 4.80. The van der Waals surface area contributed by atoms with Crippen LogP contribution in [0.15, 0.2) is 0 Å². The van der Waals surface area contributed by atoms with Gasteiger partial charge in [-0.2, -0.15) is 0 Å². The first-order valence-electron chi connectivity index (χ1n) is 3.01. The van der Waals surface area contributed by atoms with Crippen LogP contribution in [-0.4, -0.2) is 12.5 Å². The van der Waals surface area contributed by atoms with Crippen molar-refractivity contribution < 1.29 is 13.6 Å². The summed E-state index contributed by atoms with van der Waals surface area (Å²) < 4.78 is 25.1. The summed E-state index contributed by atoms with van der Waals surface area (Å²) in [6, 6.07) is 0. The van der Waals surface area contributed by atoms with Gasteiger partial charge in [-0.1, -0.05) is 13.8 Å². The summed E-state index contributed by atoms with van der Waals surface area (Å²) in [5.74, 6) is 1.92. The molecule has 0 saturated heterocycles.